The van der Waals surface area contributed by atoms with Crippen molar-refractivity contribution >= 4 is 19.9 Å². The predicted octanol–water partition coefficient (Wildman–Crippen LogP) is 3.86. The molecular weight excluding hydrogens is 250 g/mol. The number of nitrogens with zero attached hydrogens (tertiary/aromatic N) is 1. The van der Waals surface area contributed by atoms with Crippen molar-refractivity contribution in [3.63, 3.8) is 0 Å². The second-order valence-electron chi connectivity index (χ2n) is 5.45. The number of benzene rings is 1. The van der Waals surface area contributed by atoms with Gasteiger partial charge in [-0.05, 0) is 50.2 Å². The van der Waals surface area contributed by atoms with Gasteiger partial charge in [0.15, 0.2) is 13.9 Å². The van der Waals surface area contributed by atoms with Crippen molar-refractivity contribution in [3.05, 3.63) is 34.3 Å². The molecule has 2 nitrogen and oxygen atoms in total. The van der Waals surface area contributed by atoms with Gasteiger partial charge in [0.1, 0.15) is 6.07 Å². The van der Waals surface area contributed by atoms with Gasteiger partial charge in [-0.3, -0.25) is 0 Å². The first-order valence-electron chi connectivity index (χ1n) is 5.77. The number of nitriles is 1. The Morgan fingerprint density at radius 2 is 2.12 bits per heavy atom. The minimum Gasteiger partial charge on any atom is -0.396 e. The second-order valence-corrected chi connectivity index (χ2v) is 10.3. The molecule has 17 heavy (non-hydrogen) atoms. The van der Waals surface area contributed by atoms with Crippen LogP contribution in [-0.4, -0.2) is 8.32 Å². The van der Waals surface area contributed by atoms with E-state index in [1.807, 2.05) is 18.2 Å². The van der Waals surface area contributed by atoms with Crippen LogP contribution in [-0.2, 0) is 16.4 Å². The lowest BCUT2D eigenvalue weighted by Crippen LogP contribution is -2.38. The fourth-order valence-corrected chi connectivity index (χ4v) is 3.87. The smallest absolute Gasteiger partial charge is 0.186 e. The van der Waals surface area contributed by atoms with Crippen molar-refractivity contribution in [2.75, 3.05) is 0 Å². The van der Waals surface area contributed by atoms with Crippen LogP contribution in [0.25, 0.3) is 0 Å². The van der Waals surface area contributed by atoms with Crippen LogP contribution in [0.15, 0.2) is 18.2 Å². The third kappa shape index (κ3) is 2.39. The van der Waals surface area contributed by atoms with Crippen molar-refractivity contribution in [2.24, 2.45) is 0 Å². The molecule has 1 aromatic carbocycles. The van der Waals surface area contributed by atoms with Crippen LogP contribution < -0.4 is 0 Å². The minimum absolute atomic E-state index is 0.727. The van der Waals surface area contributed by atoms with Crippen molar-refractivity contribution in [1.29, 1.82) is 5.26 Å². The van der Waals surface area contributed by atoms with Gasteiger partial charge in [0, 0.05) is 10.6 Å². The number of hydrogen-bond donors (Lipinski definition) is 0. The summed E-state index contributed by atoms with van der Waals surface area (Å²) in [6.07, 6.45) is 1.61. The van der Waals surface area contributed by atoms with Crippen molar-refractivity contribution in [2.45, 2.75) is 38.1 Å². The molecule has 0 bridgehead atoms. The molecule has 0 N–H and O–H groups in total. The Balaban J connectivity index is 2.45. The van der Waals surface area contributed by atoms with Gasteiger partial charge in [-0.1, -0.05) is 17.7 Å². The van der Waals surface area contributed by atoms with Crippen molar-refractivity contribution < 1.29 is 4.43 Å². The van der Waals surface area contributed by atoms with Crippen LogP contribution in [0.2, 0.25) is 24.7 Å². The first-order chi connectivity index (χ1) is 7.86. The summed E-state index contributed by atoms with van der Waals surface area (Å²) < 4.78 is 6.14. The first-order valence-corrected chi connectivity index (χ1v) is 9.55. The van der Waals surface area contributed by atoms with Gasteiger partial charge in [0.25, 0.3) is 0 Å². The maximum atomic E-state index is 9.51. The van der Waals surface area contributed by atoms with Gasteiger partial charge in [0.05, 0.1) is 0 Å². The molecule has 0 saturated heterocycles. The molecule has 2 rings (SSSR count). The van der Waals surface area contributed by atoms with Gasteiger partial charge >= 0.3 is 0 Å². The molecule has 1 atom stereocenters. The van der Waals surface area contributed by atoms with Gasteiger partial charge in [-0.2, -0.15) is 5.26 Å². The molecule has 0 aliphatic heterocycles. The zero-order chi connectivity index (χ0) is 12.7. The summed E-state index contributed by atoms with van der Waals surface area (Å²) in [5.74, 6) is 0. The van der Waals surface area contributed by atoms with Crippen LogP contribution in [0.3, 0.4) is 0 Å². The van der Waals surface area contributed by atoms with Crippen molar-refractivity contribution in [3.8, 4) is 6.07 Å². The van der Waals surface area contributed by atoms with E-state index in [9.17, 15) is 5.26 Å². The van der Waals surface area contributed by atoms with Gasteiger partial charge in [-0.25, -0.2) is 0 Å². The normalized spacial score (nSPS) is 23.2. The lowest BCUT2D eigenvalue weighted by molar-refractivity contribution is 0.121. The van der Waals surface area contributed by atoms with Gasteiger partial charge in [-0.15, -0.1) is 0 Å². The third-order valence-electron chi connectivity index (χ3n) is 2.91. The van der Waals surface area contributed by atoms with Crippen LogP contribution >= 0.6 is 11.6 Å². The van der Waals surface area contributed by atoms with Crippen LogP contribution in [0.1, 0.15) is 17.5 Å². The highest BCUT2D eigenvalue weighted by molar-refractivity contribution is 6.69. The summed E-state index contributed by atoms with van der Waals surface area (Å²) >= 11 is 5.98. The molecular formula is C13H16ClNOSi. The molecule has 0 aromatic heterocycles. The topological polar surface area (TPSA) is 33.0 Å². The summed E-state index contributed by atoms with van der Waals surface area (Å²) in [4.78, 5) is 0. The average molecular weight is 266 g/mol. The summed E-state index contributed by atoms with van der Waals surface area (Å²) in [7, 11) is -1.75. The van der Waals surface area contributed by atoms with Crippen LogP contribution in [0.4, 0.5) is 0 Å². The highest BCUT2D eigenvalue weighted by atomic mass is 35.5. The van der Waals surface area contributed by atoms with E-state index >= 15 is 0 Å². The zero-order valence-electron chi connectivity index (χ0n) is 10.4. The third-order valence-corrected chi connectivity index (χ3v) is 4.11. The lowest BCUT2D eigenvalue weighted by Gasteiger charge is -2.31. The quantitative estimate of drug-likeness (QED) is 0.761. The second kappa shape index (κ2) is 4.13. The molecule has 0 fully saturated rings. The van der Waals surface area contributed by atoms with E-state index in [0.717, 1.165) is 29.0 Å². The first kappa shape index (κ1) is 12.6. The molecule has 0 heterocycles. The van der Waals surface area contributed by atoms with Crippen molar-refractivity contribution in [1.82, 2.24) is 0 Å². The molecule has 90 valence electrons. The molecule has 1 aliphatic rings. The number of halogens is 1. The van der Waals surface area contributed by atoms with Crippen LogP contribution in [0.5, 0.6) is 0 Å². The van der Waals surface area contributed by atoms with Crippen LogP contribution in [0, 0.1) is 11.3 Å². The number of hydrogen-bond acceptors (Lipinski definition) is 2. The van der Waals surface area contributed by atoms with E-state index in [2.05, 4.69) is 25.7 Å². The maximum Gasteiger partial charge on any atom is 0.186 e. The predicted molar refractivity (Wildman–Crippen MR) is 71.5 cm³/mol. The Hall–Kier alpha value is -0.823. The standard InChI is InChI=1S/C13H16ClNOSi/c1-17(2,3)16-13(9-15)7-6-10-8-11(14)4-5-12(10)13/h4-5,8H,6-7H2,1-3H3. The summed E-state index contributed by atoms with van der Waals surface area (Å²) in [6.45, 7) is 6.33. The van der Waals surface area contributed by atoms with E-state index in [4.69, 9.17) is 16.0 Å². The maximum absolute atomic E-state index is 9.51. The monoisotopic (exact) mass is 265 g/mol. The van der Waals surface area contributed by atoms with E-state index in [0.29, 0.717) is 0 Å². The largest absolute Gasteiger partial charge is 0.396 e. The highest BCUT2D eigenvalue weighted by Crippen LogP contribution is 2.42. The van der Waals surface area contributed by atoms with E-state index < -0.39 is 13.9 Å². The highest BCUT2D eigenvalue weighted by Gasteiger charge is 2.43. The lowest BCUT2D eigenvalue weighted by atomic mass is 9.98. The van der Waals surface area contributed by atoms with E-state index in [1.54, 1.807) is 0 Å². The SMILES string of the molecule is C[Si](C)(C)OC1(C#N)CCc2cc(Cl)ccc21. The Morgan fingerprint density at radius 3 is 2.71 bits per heavy atom. The summed E-state index contributed by atoms with van der Waals surface area (Å²) in [5, 5.41) is 10.2. The Bertz CT molecular complexity index is 489. The molecule has 1 aromatic rings. The Kier molecular flexibility index (Phi) is 3.07. The summed E-state index contributed by atoms with van der Waals surface area (Å²) in [5.41, 5.74) is 1.41. The Morgan fingerprint density at radius 1 is 1.41 bits per heavy atom. The Labute approximate surface area is 108 Å². The summed E-state index contributed by atoms with van der Waals surface area (Å²) in [6, 6.07) is 8.10. The number of rotatable bonds is 2. The fraction of sp³-hybridized carbons (Fsp3) is 0.462. The number of aryl methyl sites for hydroxylation is 1. The molecule has 1 unspecified atom stereocenters. The van der Waals surface area contributed by atoms with Gasteiger partial charge in [0.2, 0.25) is 0 Å². The minimum atomic E-state index is -1.75. The fourth-order valence-electron chi connectivity index (χ4n) is 2.38. The van der Waals surface area contributed by atoms with Gasteiger partial charge < -0.3 is 4.43 Å². The molecule has 1 aliphatic carbocycles. The average Bonchev–Trinajstić information content (AvgIpc) is 2.55. The van der Waals surface area contributed by atoms with E-state index in [1.165, 1.54) is 0 Å². The molecule has 0 amide bonds. The molecule has 0 radical (unpaired) electrons. The molecule has 0 spiro atoms. The zero-order valence-corrected chi connectivity index (χ0v) is 12.1. The molecule has 0 saturated carbocycles. The van der Waals surface area contributed by atoms with E-state index in [-0.39, 0.29) is 0 Å². The molecule has 4 heteroatoms. The number of fused-ring (bicyclic) bond motifs is 1.